The van der Waals surface area contributed by atoms with Crippen molar-refractivity contribution < 1.29 is 77.6 Å². The highest BCUT2D eigenvalue weighted by molar-refractivity contribution is 5.78. The average Bonchev–Trinajstić information content (AvgIpc) is 3.56. The van der Waals surface area contributed by atoms with Gasteiger partial charge >= 0.3 is 5.97 Å². The fourth-order valence-electron chi connectivity index (χ4n) is 11.1. The van der Waals surface area contributed by atoms with Crippen molar-refractivity contribution in [2.24, 2.45) is 23.7 Å². The second-order valence-corrected chi connectivity index (χ2v) is 19.5. The van der Waals surface area contributed by atoms with Gasteiger partial charge in [-0.25, -0.2) is 10.1 Å². The maximum Gasteiger partial charge on any atom is 0.316 e. The van der Waals surface area contributed by atoms with Crippen LogP contribution in [0.25, 0.3) is 0 Å². The molecule has 5 saturated heterocycles. The number of aliphatic hydroxyl groups is 3. The number of fused-ring (bicyclic) bond motifs is 2. The fraction of sp³-hybridized carbons (Fsp3) is 0.812. The Morgan fingerprint density at radius 1 is 0.906 bits per heavy atom. The predicted molar refractivity (Wildman–Crippen MR) is 230 cm³/mol. The van der Waals surface area contributed by atoms with Gasteiger partial charge in [0.25, 0.3) is 0 Å². The van der Waals surface area contributed by atoms with E-state index < -0.39 is 109 Å². The molecule has 0 amide bonds. The Morgan fingerprint density at radius 3 is 2.31 bits per heavy atom. The number of ether oxygens (including phenoxy) is 10. The highest BCUT2D eigenvalue weighted by Crippen LogP contribution is 2.50. The van der Waals surface area contributed by atoms with Crippen LogP contribution in [0.4, 0.5) is 0 Å². The smallest absolute Gasteiger partial charge is 0.316 e. The van der Waals surface area contributed by atoms with Crippen molar-refractivity contribution in [1.29, 1.82) is 0 Å². The van der Waals surface area contributed by atoms with Crippen molar-refractivity contribution in [3.05, 3.63) is 47.1 Å². The van der Waals surface area contributed by atoms with Gasteiger partial charge in [0.2, 0.25) is 6.29 Å². The Hall–Kier alpha value is -2.13. The number of carbonyl (C=O) groups is 1. The van der Waals surface area contributed by atoms with Gasteiger partial charge in [0.1, 0.15) is 42.0 Å². The van der Waals surface area contributed by atoms with Crippen LogP contribution in [-0.4, -0.2) is 144 Å². The van der Waals surface area contributed by atoms with Crippen molar-refractivity contribution >= 4 is 5.97 Å². The van der Waals surface area contributed by atoms with Crippen LogP contribution in [0.2, 0.25) is 0 Å². The van der Waals surface area contributed by atoms with Crippen LogP contribution in [-0.2, 0) is 57.1 Å². The summed E-state index contributed by atoms with van der Waals surface area (Å²) in [5, 5.41) is 44.5. The molecule has 0 aromatic heterocycles. The zero-order chi connectivity index (χ0) is 46.2. The first kappa shape index (κ1) is 49.8. The number of hydrogen-bond acceptors (Lipinski definition) is 16. The molecule has 16 heteroatoms. The van der Waals surface area contributed by atoms with E-state index in [4.69, 9.17) is 52.3 Å². The van der Waals surface area contributed by atoms with Crippen LogP contribution in [0.1, 0.15) is 107 Å². The lowest BCUT2D eigenvalue weighted by atomic mass is 9.70. The molecule has 0 aromatic rings. The number of esters is 1. The van der Waals surface area contributed by atoms with Crippen molar-refractivity contribution in [3.8, 4) is 0 Å². The highest BCUT2D eigenvalue weighted by Gasteiger charge is 2.64. The van der Waals surface area contributed by atoms with E-state index in [0.717, 1.165) is 18.4 Å². The fourth-order valence-corrected chi connectivity index (χ4v) is 11.1. The van der Waals surface area contributed by atoms with Crippen molar-refractivity contribution in [2.45, 2.75) is 210 Å². The molecule has 6 heterocycles. The molecule has 0 radical (unpaired) electrons. The second kappa shape index (κ2) is 20.6. The van der Waals surface area contributed by atoms with Gasteiger partial charge in [-0.05, 0) is 63.5 Å². The number of aliphatic hydroxyl groups excluding tert-OH is 2. The molecule has 362 valence electrons. The zero-order valence-electron chi connectivity index (χ0n) is 39.2. The van der Waals surface area contributed by atoms with Gasteiger partial charge in [0, 0.05) is 57.8 Å². The Labute approximate surface area is 378 Å². The van der Waals surface area contributed by atoms with E-state index in [0.29, 0.717) is 50.0 Å². The quantitative estimate of drug-likeness (QED) is 0.0990. The predicted octanol–water partition coefficient (Wildman–Crippen LogP) is 5.42. The molecule has 1 unspecified atom stereocenters. The summed E-state index contributed by atoms with van der Waals surface area (Å²) in [6.07, 6.45) is 2.96. The van der Waals surface area contributed by atoms with Crippen molar-refractivity contribution in [2.75, 3.05) is 14.2 Å². The topological polar surface area (TPSA) is 200 Å². The molecule has 7 aliphatic rings. The SMILES string of the molecule is CC[C@H](C)[C@H]1O[C@]2(CC[C@@H]1C)C[C@@H]1C[C@@H](C/C=C(\C)[C@@H](O[C@H]3C[C@H](OC)[C@@H](O[C@H]4C[C@H](OC)[C@@H](O)[C@H](C)O4)[C@H](C)O3)[C@@H](C)/C=C/C=C3\C(OO)O[C@@H]4[C@H](O)C(C)=C[C@@H](C(=O)O1)[C@]34O)O2. The third kappa shape index (κ3) is 10.0. The standard InChI is InChI=1S/C48H74O16/c1-11-24(2)42-27(5)17-18-47(63-42)23-32-20-31(62-47)16-15-26(4)41(59-38-22-36(55-10)43(30(8)57-38)60-37-21-35(54-9)40(50)29(7)56-37)25(3)13-12-14-33-46(64-53)61-44-39(49)28(6)19-34(45(51)58-32)48(33,44)52/h12-15,19,24-25,27,29-32,34-44,46,49-50,52-53H,11,16-18,20-23H2,1-10H3/b13-12+,26-15+,33-14+/t24-,25-,27-,29-,30-,31+,32-,34-,35-,36-,37-,38-,39+,40-,41-,42+,43-,44+,46?,47+,48+/m0/s1. The van der Waals surface area contributed by atoms with Gasteiger partial charge in [-0.2, -0.15) is 0 Å². The van der Waals surface area contributed by atoms with E-state index in [1.165, 1.54) is 6.08 Å². The van der Waals surface area contributed by atoms with Crippen LogP contribution in [0, 0.1) is 23.7 Å². The second-order valence-electron chi connectivity index (χ2n) is 19.5. The maximum absolute atomic E-state index is 14.5. The van der Waals surface area contributed by atoms with Gasteiger partial charge < -0.3 is 62.7 Å². The minimum atomic E-state index is -2.13. The molecule has 6 aliphatic heterocycles. The Kier molecular flexibility index (Phi) is 16.0. The van der Waals surface area contributed by atoms with Gasteiger partial charge in [-0.3, -0.25) is 4.79 Å². The van der Waals surface area contributed by atoms with Crippen LogP contribution >= 0.6 is 0 Å². The molecular weight excluding hydrogens is 833 g/mol. The Morgan fingerprint density at radius 2 is 1.61 bits per heavy atom. The van der Waals surface area contributed by atoms with E-state index in [-0.39, 0.29) is 23.5 Å². The first-order valence-corrected chi connectivity index (χ1v) is 23.5. The largest absolute Gasteiger partial charge is 0.462 e. The lowest BCUT2D eigenvalue weighted by molar-refractivity contribution is -0.340. The van der Waals surface area contributed by atoms with E-state index in [9.17, 15) is 25.4 Å². The number of allylic oxidation sites excluding steroid dienone is 2. The van der Waals surface area contributed by atoms with Crippen LogP contribution in [0.5, 0.6) is 0 Å². The molecule has 2 bridgehead atoms. The highest BCUT2D eigenvalue weighted by atomic mass is 17.1. The van der Waals surface area contributed by atoms with Crippen LogP contribution in [0.3, 0.4) is 0 Å². The lowest BCUT2D eigenvalue weighted by Gasteiger charge is -2.51. The maximum atomic E-state index is 14.5. The number of methoxy groups -OCH3 is 2. The van der Waals surface area contributed by atoms with Crippen molar-refractivity contribution in [1.82, 2.24) is 0 Å². The average molecular weight is 907 g/mol. The molecule has 16 nitrogen and oxygen atoms in total. The molecule has 0 saturated carbocycles. The van der Waals surface area contributed by atoms with E-state index in [1.807, 2.05) is 26.8 Å². The molecule has 1 aliphatic carbocycles. The Bertz CT molecular complexity index is 1730. The van der Waals surface area contributed by atoms with Gasteiger partial charge in [-0.1, -0.05) is 64.5 Å². The van der Waals surface area contributed by atoms with E-state index in [1.54, 1.807) is 40.2 Å². The lowest BCUT2D eigenvalue weighted by Crippen LogP contribution is -2.58. The summed E-state index contributed by atoms with van der Waals surface area (Å²) in [5.41, 5.74) is -0.753. The summed E-state index contributed by atoms with van der Waals surface area (Å²) >= 11 is 0. The molecule has 7 rings (SSSR count). The number of carbonyl (C=O) groups excluding carboxylic acids is 1. The summed E-state index contributed by atoms with van der Waals surface area (Å²) in [4.78, 5) is 19.2. The molecule has 21 atom stereocenters. The number of hydrogen-bond donors (Lipinski definition) is 4. The molecule has 4 N–H and O–H groups in total. The first-order chi connectivity index (χ1) is 30.4. The summed E-state index contributed by atoms with van der Waals surface area (Å²) in [7, 11) is 3.19. The van der Waals surface area contributed by atoms with E-state index >= 15 is 0 Å². The first-order valence-electron chi connectivity index (χ1n) is 23.5. The number of rotatable bonds is 9. The zero-order valence-corrected chi connectivity index (χ0v) is 39.2. The monoisotopic (exact) mass is 906 g/mol. The third-order valence-electron chi connectivity index (χ3n) is 15.1. The molecular formula is C48H74O16. The van der Waals surface area contributed by atoms with Gasteiger partial charge in [-0.15, -0.1) is 0 Å². The summed E-state index contributed by atoms with van der Waals surface area (Å²) in [6, 6.07) is 0. The normalized spacial score (nSPS) is 49.4. The molecule has 0 aromatic carbocycles. The van der Waals surface area contributed by atoms with Crippen LogP contribution < -0.4 is 0 Å². The summed E-state index contributed by atoms with van der Waals surface area (Å²) in [6.45, 7) is 15.9. The Balaban J connectivity index is 1.20. The van der Waals surface area contributed by atoms with Crippen molar-refractivity contribution in [3.63, 3.8) is 0 Å². The summed E-state index contributed by atoms with van der Waals surface area (Å²) < 4.78 is 63.7. The van der Waals surface area contributed by atoms with Crippen LogP contribution in [0.15, 0.2) is 47.1 Å². The minimum Gasteiger partial charge on any atom is -0.462 e. The summed E-state index contributed by atoms with van der Waals surface area (Å²) in [5.74, 6) is -2.68. The molecule has 64 heavy (non-hydrogen) atoms. The minimum absolute atomic E-state index is 0.0484. The molecule has 5 fully saturated rings. The molecule has 1 spiro atoms. The van der Waals surface area contributed by atoms with Gasteiger partial charge in [0.15, 0.2) is 18.4 Å². The third-order valence-corrected chi connectivity index (χ3v) is 15.1. The van der Waals surface area contributed by atoms with Gasteiger partial charge in [0.05, 0.1) is 42.7 Å². The van der Waals surface area contributed by atoms with E-state index in [2.05, 4.69) is 26.8 Å².